The lowest BCUT2D eigenvalue weighted by Crippen LogP contribution is -2.57. The molecule has 2 aliphatic rings. The number of aliphatic hydroxyl groups is 1. The van der Waals surface area contributed by atoms with Crippen molar-refractivity contribution in [3.8, 4) is 10.4 Å². The number of benzene rings is 1. The molecule has 4 rings (SSSR count). The Morgan fingerprint density at radius 3 is 2.38 bits per heavy atom. The molecule has 3 heterocycles. The average molecular weight is 649 g/mol. The number of nitrogens with one attached hydrogen (secondary N) is 2. The van der Waals surface area contributed by atoms with Crippen LogP contribution in [0.2, 0.25) is 0 Å². The summed E-state index contributed by atoms with van der Waals surface area (Å²) in [4.78, 5) is 44.1. The van der Waals surface area contributed by atoms with Gasteiger partial charge in [-0.2, -0.15) is 0 Å². The largest absolute Gasteiger partial charge is 0.480 e. The molecular formula is C31H44N4O9S. The molecule has 0 aliphatic carbocycles. The van der Waals surface area contributed by atoms with Gasteiger partial charge >= 0.3 is 5.97 Å². The van der Waals surface area contributed by atoms with Crippen LogP contribution in [-0.4, -0.2) is 115 Å². The molecular weight excluding hydrogens is 604 g/mol. The Bertz CT molecular complexity index is 1280. The van der Waals surface area contributed by atoms with Crippen molar-refractivity contribution < 1.29 is 43.5 Å². The molecule has 13 nitrogen and oxygen atoms in total. The van der Waals surface area contributed by atoms with Gasteiger partial charge in [0.25, 0.3) is 0 Å². The van der Waals surface area contributed by atoms with Crippen LogP contribution in [-0.2, 0) is 39.9 Å². The van der Waals surface area contributed by atoms with E-state index in [0.29, 0.717) is 13.0 Å². The van der Waals surface area contributed by atoms with Gasteiger partial charge < -0.3 is 39.4 Å². The molecule has 2 fully saturated rings. The fourth-order valence-electron chi connectivity index (χ4n) is 5.24. The van der Waals surface area contributed by atoms with Crippen LogP contribution in [0.25, 0.3) is 10.4 Å². The van der Waals surface area contributed by atoms with Crippen molar-refractivity contribution in [3.05, 3.63) is 41.0 Å². The maximum atomic E-state index is 13.8. The van der Waals surface area contributed by atoms with Crippen molar-refractivity contribution >= 4 is 29.1 Å². The standard InChI is InChI=1S/C31H44N4O9S/c1-19-27(45-18-33-19)21-7-5-20(6-8-21)14-32-29-26(44-29)23-13-22(36)15-35(23)30(40)28(31(2,3)4)34-24(37)16-42-11-9-41-10-12-43-17-25(38)39/h5-8,18,22-23,26,28-29,32,36H,9-17H2,1-4H3,(H,34,37)(H,38,39)/t22-,23+,26?,28-,29?/m1/s1. The summed E-state index contributed by atoms with van der Waals surface area (Å²) in [6, 6.07) is 7.15. The van der Waals surface area contributed by atoms with Crippen LogP contribution in [0.15, 0.2) is 29.8 Å². The van der Waals surface area contributed by atoms with E-state index in [0.717, 1.165) is 21.7 Å². The second-order valence-electron chi connectivity index (χ2n) is 12.3. The number of carboxylic acids is 1. The van der Waals surface area contributed by atoms with E-state index in [1.54, 1.807) is 16.2 Å². The molecule has 1 aromatic heterocycles. The van der Waals surface area contributed by atoms with E-state index >= 15 is 0 Å². The number of hydrogen-bond donors (Lipinski definition) is 4. The SMILES string of the molecule is Cc1ncsc1-c1ccc(CNC2OC2[C@@H]2C[C@@H](O)CN2C(=O)[C@@H](NC(=O)COCCOCCOCC(=O)O)C(C)(C)C)cc1. The number of β-amino-alcohol motifs (C(OH)–C–C–N with tert-alkyl or cyclic N) is 1. The normalized spacial score (nSPS) is 21.9. The van der Waals surface area contributed by atoms with Crippen LogP contribution in [0.5, 0.6) is 0 Å². The van der Waals surface area contributed by atoms with Gasteiger partial charge in [-0.1, -0.05) is 45.0 Å². The van der Waals surface area contributed by atoms with Gasteiger partial charge in [0, 0.05) is 13.1 Å². The molecule has 5 atom stereocenters. The summed E-state index contributed by atoms with van der Waals surface area (Å²) in [7, 11) is 0. The van der Waals surface area contributed by atoms with Crippen molar-refractivity contribution in [2.75, 3.05) is 46.2 Å². The summed E-state index contributed by atoms with van der Waals surface area (Å²) in [5, 5.41) is 25.3. The zero-order chi connectivity index (χ0) is 32.6. The highest BCUT2D eigenvalue weighted by Crippen LogP contribution is 2.35. The summed E-state index contributed by atoms with van der Waals surface area (Å²) in [5.74, 6) is -1.76. The molecule has 2 aliphatic heterocycles. The van der Waals surface area contributed by atoms with Gasteiger partial charge in [0.05, 0.1) is 54.7 Å². The monoisotopic (exact) mass is 648 g/mol. The number of carboxylic acid groups (broad SMARTS) is 1. The summed E-state index contributed by atoms with van der Waals surface area (Å²) >= 11 is 1.62. The number of epoxide rings is 1. The number of aryl methyl sites for hydroxylation is 1. The number of thiazole rings is 1. The number of carbonyl (C=O) groups excluding carboxylic acids is 2. The highest BCUT2D eigenvalue weighted by Gasteiger charge is 2.53. The van der Waals surface area contributed by atoms with Gasteiger partial charge in [0.1, 0.15) is 31.6 Å². The number of hydrogen-bond acceptors (Lipinski definition) is 11. The van der Waals surface area contributed by atoms with Gasteiger partial charge in [-0.3, -0.25) is 14.9 Å². The van der Waals surface area contributed by atoms with Crippen LogP contribution < -0.4 is 10.6 Å². The lowest BCUT2D eigenvalue weighted by atomic mass is 9.85. The molecule has 2 unspecified atom stereocenters. The minimum atomic E-state index is -1.05. The van der Waals surface area contributed by atoms with Gasteiger partial charge in [-0.25, -0.2) is 9.78 Å². The van der Waals surface area contributed by atoms with Gasteiger partial charge in [0.15, 0.2) is 0 Å². The molecule has 2 saturated heterocycles. The molecule has 0 spiro atoms. The smallest absolute Gasteiger partial charge is 0.329 e. The summed E-state index contributed by atoms with van der Waals surface area (Å²) < 4.78 is 21.5. The van der Waals surface area contributed by atoms with E-state index in [9.17, 15) is 19.5 Å². The third-order valence-electron chi connectivity index (χ3n) is 7.60. The number of carbonyl (C=O) groups is 3. The van der Waals surface area contributed by atoms with Gasteiger partial charge in [0.2, 0.25) is 11.8 Å². The Morgan fingerprint density at radius 1 is 1.09 bits per heavy atom. The Balaban J connectivity index is 1.23. The molecule has 0 radical (unpaired) electrons. The van der Waals surface area contributed by atoms with E-state index in [1.807, 2.05) is 33.2 Å². The Morgan fingerprint density at radius 2 is 1.76 bits per heavy atom. The second-order valence-corrected chi connectivity index (χ2v) is 13.1. The first kappa shape index (κ1) is 34.9. The number of ether oxygens (including phenoxy) is 4. The van der Waals surface area contributed by atoms with Crippen molar-refractivity contribution in [2.45, 2.75) is 71.2 Å². The highest BCUT2D eigenvalue weighted by atomic mass is 32.1. The van der Waals surface area contributed by atoms with E-state index in [-0.39, 0.29) is 70.5 Å². The molecule has 2 amide bonds. The number of aromatic nitrogens is 1. The Hall–Kier alpha value is -2.98. The lowest BCUT2D eigenvalue weighted by molar-refractivity contribution is -0.143. The first-order valence-electron chi connectivity index (χ1n) is 15.0. The van der Waals surface area contributed by atoms with Crippen LogP contribution in [0.3, 0.4) is 0 Å². The molecule has 4 N–H and O–H groups in total. The van der Waals surface area contributed by atoms with Crippen LogP contribution in [0, 0.1) is 12.3 Å². The third-order valence-corrected chi connectivity index (χ3v) is 8.58. The fraction of sp³-hybridized carbons (Fsp3) is 0.613. The predicted molar refractivity (Wildman–Crippen MR) is 165 cm³/mol. The van der Waals surface area contributed by atoms with Crippen molar-refractivity contribution in [2.24, 2.45) is 5.41 Å². The molecule has 0 saturated carbocycles. The number of aliphatic carboxylic acids is 1. The third kappa shape index (κ3) is 10.3. The van der Waals surface area contributed by atoms with Crippen LogP contribution >= 0.6 is 11.3 Å². The van der Waals surface area contributed by atoms with E-state index in [1.165, 1.54) is 0 Å². The molecule has 45 heavy (non-hydrogen) atoms. The van der Waals surface area contributed by atoms with Crippen LogP contribution in [0.1, 0.15) is 38.4 Å². The number of rotatable bonds is 17. The van der Waals surface area contributed by atoms with Crippen molar-refractivity contribution in [3.63, 3.8) is 0 Å². The Kier molecular flexibility index (Phi) is 12.4. The fourth-order valence-corrected chi connectivity index (χ4v) is 6.05. The minimum absolute atomic E-state index is 0.138. The number of nitrogens with zero attached hydrogens (tertiary/aromatic N) is 2. The van der Waals surface area contributed by atoms with Crippen molar-refractivity contribution in [1.82, 2.24) is 20.5 Å². The average Bonchev–Trinajstić information content (AvgIpc) is 3.46. The molecule has 0 bridgehead atoms. The zero-order valence-electron chi connectivity index (χ0n) is 26.2. The molecule has 1 aromatic carbocycles. The lowest BCUT2D eigenvalue weighted by Gasteiger charge is -2.35. The highest BCUT2D eigenvalue weighted by molar-refractivity contribution is 7.13. The summed E-state index contributed by atoms with van der Waals surface area (Å²) in [6.07, 6.45) is -0.798. The topological polar surface area (TPSA) is 172 Å². The van der Waals surface area contributed by atoms with Crippen molar-refractivity contribution in [1.29, 1.82) is 0 Å². The van der Waals surface area contributed by atoms with E-state index in [2.05, 4.69) is 39.9 Å². The Labute approximate surface area is 267 Å². The second kappa shape index (κ2) is 16.0. The number of amides is 2. The molecule has 248 valence electrons. The van der Waals surface area contributed by atoms with Crippen LogP contribution in [0.4, 0.5) is 0 Å². The first-order valence-corrected chi connectivity index (χ1v) is 15.9. The minimum Gasteiger partial charge on any atom is -0.480 e. The number of aliphatic hydroxyl groups excluding tert-OH is 1. The molecule has 14 heteroatoms. The maximum Gasteiger partial charge on any atom is 0.329 e. The number of likely N-dealkylation sites (tertiary alicyclic amines) is 1. The maximum absolute atomic E-state index is 13.8. The zero-order valence-corrected chi connectivity index (χ0v) is 27.0. The molecule has 2 aromatic rings. The van der Waals surface area contributed by atoms with E-state index in [4.69, 9.17) is 24.1 Å². The first-order chi connectivity index (χ1) is 21.4. The predicted octanol–water partition coefficient (Wildman–Crippen LogP) is 1.56. The quantitative estimate of drug-likeness (QED) is 0.145. The van der Waals surface area contributed by atoms with Gasteiger partial charge in [-0.15, -0.1) is 11.3 Å². The summed E-state index contributed by atoms with van der Waals surface area (Å²) in [5.41, 5.74) is 4.49. The summed E-state index contributed by atoms with van der Waals surface area (Å²) in [6.45, 7) is 8.42. The van der Waals surface area contributed by atoms with Gasteiger partial charge in [-0.05, 0) is 29.9 Å². The van der Waals surface area contributed by atoms with E-state index < -0.39 is 29.4 Å².